The monoisotopic (exact) mass is 573 g/mol. The number of carbonyl (C=O) groups is 2. The molecule has 1 N–H and O–H groups in total. The first-order valence-electron chi connectivity index (χ1n) is 12.5. The van der Waals surface area contributed by atoms with Crippen LogP contribution in [0.1, 0.15) is 33.3 Å². The van der Waals surface area contributed by atoms with Gasteiger partial charge >= 0.3 is 0 Å². The molecule has 0 saturated heterocycles. The van der Waals surface area contributed by atoms with E-state index in [9.17, 15) is 22.4 Å². The van der Waals surface area contributed by atoms with E-state index >= 15 is 0 Å². The first kappa shape index (κ1) is 30.1. The number of amides is 2. The minimum atomic E-state index is -4.25. The zero-order chi connectivity index (χ0) is 28.8. The Labute approximate surface area is 234 Å². The lowest BCUT2D eigenvalue weighted by molar-refractivity contribution is -0.139. The van der Waals surface area contributed by atoms with Gasteiger partial charge in [-0.25, -0.2) is 12.8 Å². The van der Waals surface area contributed by atoms with Gasteiger partial charge in [0.15, 0.2) is 0 Å². The van der Waals surface area contributed by atoms with E-state index in [1.807, 2.05) is 51.1 Å². The van der Waals surface area contributed by atoms with Crippen molar-refractivity contribution in [2.45, 2.75) is 50.6 Å². The number of sulfonamides is 1. The van der Waals surface area contributed by atoms with Crippen molar-refractivity contribution in [2.75, 3.05) is 17.4 Å². The van der Waals surface area contributed by atoms with E-state index in [-0.39, 0.29) is 28.1 Å². The molecular weight excluding hydrogens is 541 g/mol. The Hall–Kier alpha value is -3.43. The second-order valence-corrected chi connectivity index (χ2v) is 12.4. The molecule has 0 heterocycles. The number of hydrogen-bond acceptors (Lipinski definition) is 4. The van der Waals surface area contributed by atoms with Crippen LogP contribution >= 0.6 is 11.6 Å². The molecule has 0 spiro atoms. The highest BCUT2D eigenvalue weighted by molar-refractivity contribution is 7.92. The van der Waals surface area contributed by atoms with E-state index in [0.717, 1.165) is 22.0 Å². The van der Waals surface area contributed by atoms with Gasteiger partial charge in [-0.2, -0.15) is 0 Å². The van der Waals surface area contributed by atoms with Crippen LogP contribution in [0.4, 0.5) is 10.1 Å². The molecule has 0 fully saturated rings. The Bertz CT molecular complexity index is 1400. The molecule has 3 aromatic carbocycles. The molecule has 39 heavy (non-hydrogen) atoms. The van der Waals surface area contributed by atoms with Crippen LogP contribution in [-0.2, 0) is 26.0 Å². The molecule has 0 radical (unpaired) electrons. The molecule has 7 nitrogen and oxygen atoms in total. The van der Waals surface area contributed by atoms with E-state index in [1.54, 1.807) is 25.1 Å². The Morgan fingerprint density at radius 3 is 2.13 bits per heavy atom. The van der Waals surface area contributed by atoms with Crippen LogP contribution < -0.4 is 9.62 Å². The summed E-state index contributed by atoms with van der Waals surface area (Å²) in [5.74, 6) is -1.69. The summed E-state index contributed by atoms with van der Waals surface area (Å²) < 4.78 is 42.2. The van der Waals surface area contributed by atoms with Gasteiger partial charge in [0.25, 0.3) is 10.0 Å². The first-order chi connectivity index (χ1) is 18.3. The lowest BCUT2D eigenvalue weighted by Crippen LogP contribution is -2.55. The lowest BCUT2D eigenvalue weighted by Gasteiger charge is -2.33. The van der Waals surface area contributed by atoms with E-state index in [2.05, 4.69) is 5.32 Å². The van der Waals surface area contributed by atoms with Crippen LogP contribution in [0.3, 0.4) is 0 Å². The van der Waals surface area contributed by atoms with Crippen molar-refractivity contribution in [3.63, 3.8) is 0 Å². The van der Waals surface area contributed by atoms with Gasteiger partial charge in [-0.05, 0) is 70.0 Å². The summed E-state index contributed by atoms with van der Waals surface area (Å²) in [5.41, 5.74) is 0.443. The Morgan fingerprint density at radius 2 is 1.56 bits per heavy atom. The largest absolute Gasteiger partial charge is 0.350 e. The number of anilines is 1. The zero-order valence-electron chi connectivity index (χ0n) is 22.4. The standard InChI is InChI=1S/C29H33ClFN3O4S/c1-21(28(36)32-29(2,3)4)33(18-17-22-11-7-5-8-12-22)27(35)20-34(23-15-16-26(31)25(30)19-23)39(37,38)24-13-9-6-10-14-24/h5-16,19,21H,17-18,20H2,1-4H3,(H,32,36). The fraction of sp³-hybridized carbons (Fsp3) is 0.310. The number of nitrogens with one attached hydrogen (secondary N) is 1. The number of benzene rings is 3. The van der Waals surface area contributed by atoms with Crippen LogP contribution in [0.25, 0.3) is 0 Å². The summed E-state index contributed by atoms with van der Waals surface area (Å²) >= 11 is 5.98. The molecule has 0 aliphatic carbocycles. The summed E-state index contributed by atoms with van der Waals surface area (Å²) in [6, 6.07) is 19.6. The zero-order valence-corrected chi connectivity index (χ0v) is 24.0. The third-order valence-corrected chi connectivity index (χ3v) is 8.03. The molecule has 0 aliphatic rings. The van der Waals surface area contributed by atoms with Gasteiger partial charge in [0.1, 0.15) is 18.4 Å². The van der Waals surface area contributed by atoms with Crippen LogP contribution in [0.2, 0.25) is 5.02 Å². The summed E-state index contributed by atoms with van der Waals surface area (Å²) in [4.78, 5) is 28.2. The number of rotatable bonds is 10. The molecule has 10 heteroatoms. The fourth-order valence-electron chi connectivity index (χ4n) is 3.93. The summed E-state index contributed by atoms with van der Waals surface area (Å²) in [7, 11) is -4.25. The van der Waals surface area contributed by atoms with Gasteiger partial charge in [-0.1, -0.05) is 60.1 Å². The predicted octanol–water partition coefficient (Wildman–Crippen LogP) is 5.05. The van der Waals surface area contributed by atoms with Crippen molar-refractivity contribution >= 4 is 39.1 Å². The van der Waals surface area contributed by atoms with E-state index in [0.29, 0.717) is 6.42 Å². The number of halogens is 2. The van der Waals surface area contributed by atoms with E-state index in [1.165, 1.54) is 23.1 Å². The van der Waals surface area contributed by atoms with Gasteiger partial charge in [0.2, 0.25) is 11.8 Å². The van der Waals surface area contributed by atoms with Crippen molar-refractivity contribution in [1.82, 2.24) is 10.2 Å². The molecule has 0 aliphatic heterocycles. The summed E-state index contributed by atoms with van der Waals surface area (Å²) in [6.45, 7) is 6.65. The average Bonchev–Trinajstić information content (AvgIpc) is 2.89. The van der Waals surface area contributed by atoms with Gasteiger partial charge in [-0.15, -0.1) is 0 Å². The molecule has 208 valence electrons. The van der Waals surface area contributed by atoms with Crippen molar-refractivity contribution in [3.8, 4) is 0 Å². The number of carbonyl (C=O) groups excluding carboxylic acids is 2. The number of hydrogen-bond donors (Lipinski definition) is 1. The minimum Gasteiger partial charge on any atom is -0.350 e. The topological polar surface area (TPSA) is 86.8 Å². The maximum absolute atomic E-state index is 13.9. The molecule has 0 saturated carbocycles. The van der Waals surface area contributed by atoms with Crippen molar-refractivity contribution < 1.29 is 22.4 Å². The molecule has 1 atom stereocenters. The van der Waals surface area contributed by atoms with Crippen LogP contribution in [-0.4, -0.2) is 49.8 Å². The second-order valence-electron chi connectivity index (χ2n) is 10.2. The maximum Gasteiger partial charge on any atom is 0.264 e. The molecule has 0 aromatic heterocycles. The predicted molar refractivity (Wildman–Crippen MR) is 152 cm³/mol. The fourth-order valence-corrected chi connectivity index (χ4v) is 5.53. The van der Waals surface area contributed by atoms with Crippen molar-refractivity contribution in [2.24, 2.45) is 0 Å². The molecule has 0 bridgehead atoms. The lowest BCUT2D eigenvalue weighted by atomic mass is 10.1. The highest BCUT2D eigenvalue weighted by atomic mass is 35.5. The Kier molecular flexibility index (Phi) is 9.74. The SMILES string of the molecule is CC(C(=O)NC(C)(C)C)N(CCc1ccccc1)C(=O)CN(c1ccc(F)c(Cl)c1)S(=O)(=O)c1ccccc1. The molecule has 3 rings (SSSR count). The summed E-state index contributed by atoms with van der Waals surface area (Å²) in [6.07, 6.45) is 0.452. The van der Waals surface area contributed by atoms with Crippen LogP contribution in [0.5, 0.6) is 0 Å². The minimum absolute atomic E-state index is 0.0217. The van der Waals surface area contributed by atoms with E-state index in [4.69, 9.17) is 11.6 Å². The van der Waals surface area contributed by atoms with Crippen molar-refractivity contribution in [1.29, 1.82) is 0 Å². The molecular formula is C29H33ClFN3O4S. The second kappa shape index (κ2) is 12.6. The van der Waals surface area contributed by atoms with Gasteiger partial charge in [-0.3, -0.25) is 13.9 Å². The van der Waals surface area contributed by atoms with E-state index < -0.39 is 39.9 Å². The smallest absolute Gasteiger partial charge is 0.264 e. The van der Waals surface area contributed by atoms with Gasteiger partial charge in [0, 0.05) is 12.1 Å². The third kappa shape index (κ3) is 8.03. The third-order valence-electron chi connectivity index (χ3n) is 5.95. The first-order valence-corrected chi connectivity index (χ1v) is 14.3. The van der Waals surface area contributed by atoms with Crippen molar-refractivity contribution in [3.05, 3.63) is 95.3 Å². The highest BCUT2D eigenvalue weighted by Gasteiger charge is 2.33. The average molecular weight is 574 g/mol. The Morgan fingerprint density at radius 1 is 0.974 bits per heavy atom. The molecule has 2 amide bonds. The highest BCUT2D eigenvalue weighted by Crippen LogP contribution is 2.28. The van der Waals surface area contributed by atoms with Gasteiger partial charge in [0.05, 0.1) is 15.6 Å². The Balaban J connectivity index is 2.00. The van der Waals surface area contributed by atoms with Gasteiger partial charge < -0.3 is 10.2 Å². The quantitative estimate of drug-likeness (QED) is 0.368. The molecule has 1 unspecified atom stereocenters. The number of nitrogens with zero attached hydrogens (tertiary/aromatic N) is 2. The molecule has 3 aromatic rings. The maximum atomic E-state index is 13.9. The van der Waals surface area contributed by atoms with Crippen LogP contribution in [0.15, 0.2) is 83.8 Å². The van der Waals surface area contributed by atoms with Crippen LogP contribution in [0, 0.1) is 5.82 Å². The normalized spacial score (nSPS) is 12.5. The summed E-state index contributed by atoms with van der Waals surface area (Å²) in [5, 5.41) is 2.60.